The number of carbonyl (C=O) groups is 1. The van der Waals surface area contributed by atoms with Crippen molar-refractivity contribution >= 4 is 40.6 Å². The lowest BCUT2D eigenvalue weighted by Gasteiger charge is -2.24. The van der Waals surface area contributed by atoms with Gasteiger partial charge in [-0.15, -0.1) is 0 Å². The SMILES string of the molecule is COC(=O)c1ccc(Cl)c(NC(=S)N[C@H]2C[C@@H]3CC[C@@H]2C3)c1. The number of carbonyl (C=O) groups excluding carboxylic acids is 1. The van der Waals surface area contributed by atoms with Gasteiger partial charge in [0.1, 0.15) is 0 Å². The average molecular weight is 339 g/mol. The molecule has 0 aliphatic heterocycles. The molecule has 0 radical (unpaired) electrons. The van der Waals surface area contributed by atoms with Crippen LogP contribution in [-0.2, 0) is 4.74 Å². The smallest absolute Gasteiger partial charge is 0.337 e. The van der Waals surface area contributed by atoms with Crippen LogP contribution in [-0.4, -0.2) is 24.2 Å². The van der Waals surface area contributed by atoms with E-state index >= 15 is 0 Å². The van der Waals surface area contributed by atoms with Crippen LogP contribution in [0.25, 0.3) is 0 Å². The summed E-state index contributed by atoms with van der Waals surface area (Å²) in [6.07, 6.45) is 5.17. The van der Waals surface area contributed by atoms with Crippen molar-refractivity contribution in [1.29, 1.82) is 0 Å². The Bertz CT molecular complexity index is 608. The molecule has 4 nitrogen and oxygen atoms in total. The lowest BCUT2D eigenvalue weighted by Crippen LogP contribution is -2.40. The Morgan fingerprint density at radius 3 is 2.82 bits per heavy atom. The normalized spacial score (nSPS) is 25.8. The van der Waals surface area contributed by atoms with Gasteiger partial charge in [-0.2, -0.15) is 0 Å². The predicted octanol–water partition coefficient (Wildman–Crippen LogP) is 3.60. The van der Waals surface area contributed by atoms with Gasteiger partial charge in [-0.05, 0) is 61.5 Å². The number of rotatable bonds is 3. The molecule has 0 aromatic heterocycles. The number of thiocarbonyl (C=S) groups is 1. The summed E-state index contributed by atoms with van der Waals surface area (Å²) in [6.45, 7) is 0. The number of benzene rings is 1. The lowest BCUT2D eigenvalue weighted by molar-refractivity contribution is 0.0601. The maximum Gasteiger partial charge on any atom is 0.337 e. The number of nitrogens with one attached hydrogen (secondary N) is 2. The summed E-state index contributed by atoms with van der Waals surface area (Å²) < 4.78 is 4.72. The van der Waals surface area contributed by atoms with Crippen molar-refractivity contribution in [3.8, 4) is 0 Å². The molecule has 2 aliphatic carbocycles. The molecule has 6 heteroatoms. The molecule has 2 bridgehead atoms. The molecular formula is C16H19ClN2O2S. The summed E-state index contributed by atoms with van der Waals surface area (Å²) in [5.74, 6) is 1.20. The fourth-order valence-electron chi connectivity index (χ4n) is 3.61. The van der Waals surface area contributed by atoms with Gasteiger partial charge in [0.05, 0.1) is 23.4 Å². The maximum atomic E-state index is 11.6. The molecule has 0 saturated heterocycles. The van der Waals surface area contributed by atoms with Gasteiger partial charge in [0, 0.05) is 6.04 Å². The molecule has 3 atom stereocenters. The van der Waals surface area contributed by atoms with E-state index in [-0.39, 0.29) is 0 Å². The zero-order chi connectivity index (χ0) is 15.7. The third-order valence-electron chi connectivity index (χ3n) is 4.69. The van der Waals surface area contributed by atoms with Crippen molar-refractivity contribution in [2.45, 2.75) is 31.7 Å². The highest BCUT2D eigenvalue weighted by molar-refractivity contribution is 7.80. The summed E-state index contributed by atoms with van der Waals surface area (Å²) in [5.41, 5.74) is 1.06. The van der Waals surface area contributed by atoms with Crippen LogP contribution in [0.3, 0.4) is 0 Å². The molecule has 2 saturated carbocycles. The molecule has 0 unspecified atom stereocenters. The average Bonchev–Trinajstić information content (AvgIpc) is 3.11. The first-order valence-corrected chi connectivity index (χ1v) is 8.31. The van der Waals surface area contributed by atoms with Crippen LogP contribution < -0.4 is 10.6 Å². The minimum absolute atomic E-state index is 0.397. The van der Waals surface area contributed by atoms with Crippen molar-refractivity contribution in [2.24, 2.45) is 11.8 Å². The van der Waals surface area contributed by atoms with E-state index in [1.165, 1.54) is 32.8 Å². The highest BCUT2D eigenvalue weighted by Gasteiger charge is 2.39. The number of esters is 1. The van der Waals surface area contributed by atoms with E-state index in [1.54, 1.807) is 18.2 Å². The predicted molar refractivity (Wildman–Crippen MR) is 91.4 cm³/mol. The van der Waals surface area contributed by atoms with Gasteiger partial charge in [-0.3, -0.25) is 0 Å². The van der Waals surface area contributed by atoms with E-state index in [0.717, 1.165) is 11.8 Å². The minimum atomic E-state index is -0.397. The van der Waals surface area contributed by atoms with Crippen LogP contribution >= 0.6 is 23.8 Å². The third kappa shape index (κ3) is 3.20. The fraction of sp³-hybridized carbons (Fsp3) is 0.500. The first-order valence-electron chi connectivity index (χ1n) is 7.52. The van der Waals surface area contributed by atoms with Crippen LogP contribution in [0.15, 0.2) is 18.2 Å². The van der Waals surface area contributed by atoms with Crippen molar-refractivity contribution in [1.82, 2.24) is 5.32 Å². The fourth-order valence-corrected chi connectivity index (χ4v) is 4.04. The second-order valence-electron chi connectivity index (χ2n) is 6.07. The summed E-state index contributed by atoms with van der Waals surface area (Å²) in [7, 11) is 1.35. The van der Waals surface area contributed by atoms with Crippen LogP contribution in [0.4, 0.5) is 5.69 Å². The van der Waals surface area contributed by atoms with Crippen LogP contribution in [0.1, 0.15) is 36.0 Å². The van der Waals surface area contributed by atoms with E-state index in [9.17, 15) is 4.79 Å². The number of hydrogen-bond acceptors (Lipinski definition) is 3. The second kappa shape index (κ2) is 6.42. The maximum absolute atomic E-state index is 11.6. The van der Waals surface area contributed by atoms with Crippen LogP contribution in [0.5, 0.6) is 0 Å². The van der Waals surface area contributed by atoms with Crippen LogP contribution in [0, 0.1) is 11.8 Å². The standard InChI is InChI=1S/C16H19ClN2O2S/c1-21-15(20)11-4-5-12(17)14(8-11)19-16(22)18-13-7-9-2-3-10(13)6-9/h4-5,8-10,13H,2-3,6-7H2,1H3,(H2,18,19,22)/t9-,10-,13+/m1/s1. The van der Waals surface area contributed by atoms with Gasteiger partial charge in [0.25, 0.3) is 0 Å². The van der Waals surface area contributed by atoms with Gasteiger partial charge in [0.2, 0.25) is 0 Å². The van der Waals surface area contributed by atoms with Gasteiger partial charge in [-0.25, -0.2) is 4.79 Å². The molecule has 0 amide bonds. The van der Waals surface area contributed by atoms with Crippen molar-refractivity contribution in [3.63, 3.8) is 0 Å². The monoisotopic (exact) mass is 338 g/mol. The summed E-state index contributed by atoms with van der Waals surface area (Å²) in [5, 5.41) is 7.57. The van der Waals surface area contributed by atoms with E-state index < -0.39 is 5.97 Å². The Kier molecular flexibility index (Phi) is 4.54. The number of halogens is 1. The van der Waals surface area contributed by atoms with Crippen LogP contribution in [0.2, 0.25) is 5.02 Å². The summed E-state index contributed by atoms with van der Waals surface area (Å²) in [4.78, 5) is 11.6. The van der Waals surface area contributed by atoms with Gasteiger partial charge >= 0.3 is 5.97 Å². The van der Waals surface area contributed by atoms with Gasteiger partial charge in [-0.1, -0.05) is 18.0 Å². The van der Waals surface area contributed by atoms with Crippen molar-refractivity contribution in [2.75, 3.05) is 12.4 Å². The van der Waals surface area contributed by atoms with Gasteiger partial charge < -0.3 is 15.4 Å². The zero-order valence-electron chi connectivity index (χ0n) is 12.4. The molecule has 2 fully saturated rings. The molecule has 2 aliphatic rings. The molecule has 0 heterocycles. The Morgan fingerprint density at radius 2 is 2.18 bits per heavy atom. The second-order valence-corrected chi connectivity index (χ2v) is 6.88. The third-order valence-corrected chi connectivity index (χ3v) is 5.24. The number of ether oxygens (including phenoxy) is 1. The topological polar surface area (TPSA) is 50.4 Å². The highest BCUT2D eigenvalue weighted by atomic mass is 35.5. The Labute approximate surface area is 140 Å². The van der Waals surface area contributed by atoms with E-state index in [2.05, 4.69) is 10.6 Å². The summed E-state index contributed by atoms with van der Waals surface area (Å²) >= 11 is 11.6. The molecule has 22 heavy (non-hydrogen) atoms. The van der Waals surface area contributed by atoms with Crippen molar-refractivity contribution < 1.29 is 9.53 Å². The molecule has 3 rings (SSSR count). The number of fused-ring (bicyclic) bond motifs is 2. The Balaban J connectivity index is 1.64. The largest absolute Gasteiger partial charge is 0.465 e. The zero-order valence-corrected chi connectivity index (χ0v) is 14.0. The lowest BCUT2D eigenvalue weighted by atomic mass is 9.96. The van der Waals surface area contributed by atoms with E-state index in [1.807, 2.05) is 0 Å². The summed E-state index contributed by atoms with van der Waals surface area (Å²) in [6, 6.07) is 5.41. The molecule has 118 valence electrons. The molecule has 1 aromatic carbocycles. The van der Waals surface area contributed by atoms with Crippen molar-refractivity contribution in [3.05, 3.63) is 28.8 Å². The molecule has 2 N–H and O–H groups in total. The van der Waals surface area contributed by atoms with Gasteiger partial charge in [0.15, 0.2) is 5.11 Å². The minimum Gasteiger partial charge on any atom is -0.465 e. The van der Waals surface area contributed by atoms with E-state index in [0.29, 0.717) is 27.4 Å². The Morgan fingerprint density at radius 1 is 1.36 bits per heavy atom. The first kappa shape index (κ1) is 15.6. The Hall–Kier alpha value is -1.33. The molecule has 0 spiro atoms. The van der Waals surface area contributed by atoms with E-state index in [4.69, 9.17) is 28.6 Å². The number of hydrogen-bond donors (Lipinski definition) is 2. The molecular weight excluding hydrogens is 320 g/mol. The molecule has 1 aromatic rings. The first-order chi connectivity index (χ1) is 10.6. The quantitative estimate of drug-likeness (QED) is 0.651. The highest BCUT2D eigenvalue weighted by Crippen LogP contribution is 2.44. The number of methoxy groups -OCH3 is 1. The number of anilines is 1.